The molecule has 3 aromatic rings. The molecule has 24 heavy (non-hydrogen) atoms. The van der Waals surface area contributed by atoms with Crippen LogP contribution in [0.4, 0.5) is 5.82 Å². The van der Waals surface area contributed by atoms with Crippen molar-refractivity contribution in [1.82, 2.24) is 19.9 Å². The average molecular weight is 321 g/mol. The highest BCUT2D eigenvalue weighted by Gasteiger charge is 2.27. The number of aromatic nitrogens is 4. The Kier molecular flexibility index (Phi) is 3.72. The monoisotopic (exact) mass is 321 g/mol. The van der Waals surface area contributed by atoms with Gasteiger partial charge in [-0.2, -0.15) is 0 Å². The standard InChI is InChI=1S/C18H19N5O/c1-12-9-19-18(20-10-12)24-14-7-8-23(11-14)17-13(2)21-15-5-3-4-6-16(15)22-17/h3-6,9-10,14H,7-8,11H2,1-2H3. The molecular weight excluding hydrogens is 302 g/mol. The molecule has 2 aromatic heterocycles. The molecule has 3 heterocycles. The molecule has 1 aliphatic rings. The lowest BCUT2D eigenvalue weighted by atomic mass is 10.3. The molecule has 1 aliphatic heterocycles. The van der Waals surface area contributed by atoms with Gasteiger partial charge >= 0.3 is 6.01 Å². The summed E-state index contributed by atoms with van der Waals surface area (Å²) >= 11 is 0. The van der Waals surface area contributed by atoms with Crippen LogP contribution in [-0.4, -0.2) is 39.1 Å². The van der Waals surface area contributed by atoms with Gasteiger partial charge in [0.25, 0.3) is 0 Å². The van der Waals surface area contributed by atoms with Crippen LogP contribution < -0.4 is 9.64 Å². The van der Waals surface area contributed by atoms with Crippen molar-refractivity contribution in [3.8, 4) is 6.01 Å². The summed E-state index contributed by atoms with van der Waals surface area (Å²) in [5.41, 5.74) is 3.82. The van der Waals surface area contributed by atoms with Crippen molar-refractivity contribution in [1.29, 1.82) is 0 Å². The van der Waals surface area contributed by atoms with Crippen LogP contribution in [-0.2, 0) is 0 Å². The summed E-state index contributed by atoms with van der Waals surface area (Å²) in [6, 6.07) is 8.39. The SMILES string of the molecule is Cc1cnc(OC2CCN(c3nc4ccccc4nc3C)C2)nc1. The Labute approximate surface area is 140 Å². The number of nitrogens with zero attached hydrogens (tertiary/aromatic N) is 5. The molecule has 4 rings (SSSR count). The third-order valence-electron chi connectivity index (χ3n) is 4.19. The highest BCUT2D eigenvalue weighted by Crippen LogP contribution is 2.25. The number of anilines is 1. The Morgan fingerprint density at radius 3 is 2.50 bits per heavy atom. The van der Waals surface area contributed by atoms with Crippen molar-refractivity contribution in [3.05, 3.63) is 47.9 Å². The predicted molar refractivity (Wildman–Crippen MR) is 92.3 cm³/mol. The maximum atomic E-state index is 5.90. The van der Waals surface area contributed by atoms with Crippen molar-refractivity contribution in [2.75, 3.05) is 18.0 Å². The van der Waals surface area contributed by atoms with Crippen LogP contribution in [0.5, 0.6) is 6.01 Å². The van der Waals surface area contributed by atoms with Crippen LogP contribution in [0.15, 0.2) is 36.7 Å². The molecule has 0 radical (unpaired) electrons. The average Bonchev–Trinajstić information content (AvgIpc) is 3.04. The van der Waals surface area contributed by atoms with Crippen molar-refractivity contribution in [2.45, 2.75) is 26.4 Å². The van der Waals surface area contributed by atoms with Crippen LogP contribution in [0, 0.1) is 13.8 Å². The molecule has 0 N–H and O–H groups in total. The Balaban J connectivity index is 1.52. The van der Waals surface area contributed by atoms with E-state index in [0.717, 1.165) is 47.6 Å². The van der Waals surface area contributed by atoms with E-state index in [0.29, 0.717) is 6.01 Å². The lowest BCUT2D eigenvalue weighted by molar-refractivity contribution is 0.206. The fraction of sp³-hybridized carbons (Fsp3) is 0.333. The molecule has 122 valence electrons. The van der Waals surface area contributed by atoms with E-state index in [4.69, 9.17) is 9.72 Å². The van der Waals surface area contributed by atoms with Crippen molar-refractivity contribution >= 4 is 16.9 Å². The molecule has 1 saturated heterocycles. The summed E-state index contributed by atoms with van der Waals surface area (Å²) in [5.74, 6) is 0.935. The molecule has 1 unspecified atom stereocenters. The highest BCUT2D eigenvalue weighted by molar-refractivity contribution is 5.76. The molecule has 6 heteroatoms. The zero-order valence-corrected chi connectivity index (χ0v) is 13.8. The first-order valence-corrected chi connectivity index (χ1v) is 8.13. The Morgan fingerprint density at radius 2 is 1.75 bits per heavy atom. The second-order valence-corrected chi connectivity index (χ2v) is 6.14. The third-order valence-corrected chi connectivity index (χ3v) is 4.19. The lowest BCUT2D eigenvalue weighted by Gasteiger charge is -2.19. The van der Waals surface area contributed by atoms with Gasteiger partial charge in [-0.05, 0) is 31.5 Å². The van der Waals surface area contributed by atoms with Gasteiger partial charge in [0.2, 0.25) is 0 Å². The van der Waals surface area contributed by atoms with Crippen LogP contribution in [0.2, 0.25) is 0 Å². The highest BCUT2D eigenvalue weighted by atomic mass is 16.5. The number of hydrogen-bond acceptors (Lipinski definition) is 6. The number of para-hydroxylation sites is 2. The number of aryl methyl sites for hydroxylation is 2. The molecule has 1 fully saturated rings. The van der Waals surface area contributed by atoms with E-state index in [1.165, 1.54) is 0 Å². The molecule has 0 saturated carbocycles. The Morgan fingerprint density at radius 1 is 1.04 bits per heavy atom. The number of rotatable bonds is 3. The number of hydrogen-bond donors (Lipinski definition) is 0. The minimum absolute atomic E-state index is 0.0698. The smallest absolute Gasteiger partial charge is 0.316 e. The second-order valence-electron chi connectivity index (χ2n) is 6.14. The van der Waals surface area contributed by atoms with Gasteiger partial charge in [-0.1, -0.05) is 12.1 Å². The molecular formula is C18H19N5O. The first kappa shape index (κ1) is 14.8. The maximum Gasteiger partial charge on any atom is 0.316 e. The van der Waals surface area contributed by atoms with Gasteiger partial charge in [-0.25, -0.2) is 19.9 Å². The summed E-state index contributed by atoms with van der Waals surface area (Å²) in [5, 5.41) is 0. The normalized spacial score (nSPS) is 17.4. The summed E-state index contributed by atoms with van der Waals surface area (Å²) in [4.78, 5) is 20.1. The van der Waals surface area contributed by atoms with Gasteiger partial charge < -0.3 is 9.64 Å². The fourth-order valence-corrected chi connectivity index (χ4v) is 2.99. The first-order valence-electron chi connectivity index (χ1n) is 8.13. The summed E-state index contributed by atoms with van der Waals surface area (Å²) in [7, 11) is 0. The third kappa shape index (κ3) is 2.87. The molecule has 0 bridgehead atoms. The molecule has 0 amide bonds. The largest absolute Gasteiger partial charge is 0.458 e. The van der Waals surface area contributed by atoms with Crippen molar-refractivity contribution < 1.29 is 4.74 Å². The van der Waals surface area contributed by atoms with E-state index in [1.807, 2.05) is 38.1 Å². The Hall–Kier alpha value is -2.76. The van der Waals surface area contributed by atoms with E-state index >= 15 is 0 Å². The van der Waals surface area contributed by atoms with E-state index in [1.54, 1.807) is 12.4 Å². The second kappa shape index (κ2) is 6.03. The summed E-state index contributed by atoms with van der Waals surface area (Å²) < 4.78 is 5.90. The Bertz CT molecular complexity index is 865. The van der Waals surface area contributed by atoms with E-state index in [2.05, 4.69) is 19.9 Å². The van der Waals surface area contributed by atoms with Gasteiger partial charge in [0.05, 0.1) is 23.3 Å². The lowest BCUT2D eigenvalue weighted by Crippen LogP contribution is -2.26. The first-order chi connectivity index (χ1) is 11.7. The molecule has 6 nitrogen and oxygen atoms in total. The van der Waals surface area contributed by atoms with Crippen LogP contribution in [0.25, 0.3) is 11.0 Å². The quantitative estimate of drug-likeness (QED) is 0.739. The zero-order chi connectivity index (χ0) is 16.5. The number of benzene rings is 1. The minimum atomic E-state index is 0.0698. The van der Waals surface area contributed by atoms with E-state index in [-0.39, 0.29) is 6.10 Å². The van der Waals surface area contributed by atoms with E-state index < -0.39 is 0 Å². The summed E-state index contributed by atoms with van der Waals surface area (Å²) in [6.45, 7) is 5.63. The number of fused-ring (bicyclic) bond motifs is 1. The predicted octanol–water partition coefficient (Wildman–Crippen LogP) is 2.69. The van der Waals surface area contributed by atoms with Gasteiger partial charge in [0.15, 0.2) is 5.82 Å². The molecule has 1 atom stereocenters. The number of ether oxygens (including phenoxy) is 1. The fourth-order valence-electron chi connectivity index (χ4n) is 2.99. The van der Waals surface area contributed by atoms with Crippen molar-refractivity contribution in [3.63, 3.8) is 0 Å². The topological polar surface area (TPSA) is 64.0 Å². The molecule has 0 aliphatic carbocycles. The minimum Gasteiger partial charge on any atom is -0.458 e. The molecule has 1 aromatic carbocycles. The van der Waals surface area contributed by atoms with Crippen LogP contribution in [0.1, 0.15) is 17.7 Å². The van der Waals surface area contributed by atoms with Crippen LogP contribution in [0.3, 0.4) is 0 Å². The zero-order valence-electron chi connectivity index (χ0n) is 13.8. The van der Waals surface area contributed by atoms with E-state index in [9.17, 15) is 0 Å². The van der Waals surface area contributed by atoms with Gasteiger partial charge in [-0.15, -0.1) is 0 Å². The van der Waals surface area contributed by atoms with Gasteiger partial charge in [-0.3, -0.25) is 0 Å². The summed E-state index contributed by atoms with van der Waals surface area (Å²) in [6.07, 6.45) is 4.54. The van der Waals surface area contributed by atoms with Crippen LogP contribution >= 0.6 is 0 Å². The van der Waals surface area contributed by atoms with Gasteiger partial charge in [0.1, 0.15) is 6.10 Å². The molecule has 0 spiro atoms. The van der Waals surface area contributed by atoms with Gasteiger partial charge in [0, 0.05) is 25.4 Å². The van der Waals surface area contributed by atoms with Crippen molar-refractivity contribution in [2.24, 2.45) is 0 Å². The maximum absolute atomic E-state index is 5.90.